The van der Waals surface area contributed by atoms with Crippen LogP contribution in [0.15, 0.2) is 60.7 Å². The monoisotopic (exact) mass is 342 g/mol. The Balaban J connectivity index is 2.04. The molecule has 0 aliphatic carbocycles. The zero-order valence-electron chi connectivity index (χ0n) is 14.2. The smallest absolute Gasteiger partial charge is 0.339 e. The van der Waals surface area contributed by atoms with Gasteiger partial charge >= 0.3 is 11.9 Å². The highest BCUT2D eigenvalue weighted by atomic mass is 16.6. The van der Waals surface area contributed by atoms with Crippen molar-refractivity contribution in [2.45, 2.75) is 32.0 Å². The molecule has 1 N–H and O–H groups in total. The standard InChI is InChI=1S/C20H22O5/c1-2-24-19(22)20(23,13-16-9-5-3-6-10-16)14-18(21)25-15-17-11-7-4-8-12-17/h3-12,23H,2,13-15H2,1H3/t20-/m1/s1. The lowest BCUT2D eigenvalue weighted by Crippen LogP contribution is -2.44. The lowest BCUT2D eigenvalue weighted by molar-refractivity contribution is -0.172. The Morgan fingerprint density at radius 3 is 2.04 bits per heavy atom. The Kier molecular flexibility index (Phi) is 6.71. The molecule has 1 atom stereocenters. The third-order valence-corrected chi connectivity index (χ3v) is 3.67. The Hall–Kier alpha value is -2.66. The molecule has 2 aromatic carbocycles. The van der Waals surface area contributed by atoms with E-state index in [-0.39, 0.29) is 19.6 Å². The van der Waals surface area contributed by atoms with E-state index in [4.69, 9.17) is 9.47 Å². The number of aliphatic hydroxyl groups is 1. The second-order valence-electron chi connectivity index (χ2n) is 5.74. The minimum atomic E-state index is -1.95. The number of benzene rings is 2. The van der Waals surface area contributed by atoms with Crippen LogP contribution in [0.5, 0.6) is 0 Å². The number of esters is 2. The molecule has 132 valence electrons. The third kappa shape index (κ3) is 5.72. The van der Waals surface area contributed by atoms with Gasteiger partial charge in [-0.2, -0.15) is 0 Å². The summed E-state index contributed by atoms with van der Waals surface area (Å²) in [4.78, 5) is 24.3. The van der Waals surface area contributed by atoms with Crippen molar-refractivity contribution < 1.29 is 24.2 Å². The van der Waals surface area contributed by atoms with Gasteiger partial charge in [-0.05, 0) is 18.1 Å². The van der Waals surface area contributed by atoms with Crippen LogP contribution >= 0.6 is 0 Å². The molecule has 0 aromatic heterocycles. The first-order valence-electron chi connectivity index (χ1n) is 8.16. The van der Waals surface area contributed by atoms with Gasteiger partial charge in [0.1, 0.15) is 6.61 Å². The maximum absolute atomic E-state index is 12.2. The molecule has 25 heavy (non-hydrogen) atoms. The Morgan fingerprint density at radius 1 is 0.920 bits per heavy atom. The fraction of sp³-hybridized carbons (Fsp3) is 0.300. The number of hydrogen-bond donors (Lipinski definition) is 1. The zero-order chi connectivity index (χ0) is 18.1. The van der Waals surface area contributed by atoms with E-state index in [1.165, 1.54) is 0 Å². The summed E-state index contributed by atoms with van der Waals surface area (Å²) in [6, 6.07) is 18.2. The summed E-state index contributed by atoms with van der Waals surface area (Å²) in [6.07, 6.45) is -0.485. The second kappa shape index (κ2) is 8.99. The van der Waals surface area contributed by atoms with Gasteiger partial charge in [0, 0.05) is 6.42 Å². The molecule has 0 aliphatic rings. The summed E-state index contributed by atoms with van der Waals surface area (Å²) in [6.45, 7) is 1.85. The normalized spacial score (nSPS) is 12.9. The molecule has 0 aliphatic heterocycles. The first-order chi connectivity index (χ1) is 12.0. The first-order valence-corrected chi connectivity index (χ1v) is 8.16. The van der Waals surface area contributed by atoms with Gasteiger partial charge in [-0.1, -0.05) is 60.7 Å². The van der Waals surface area contributed by atoms with E-state index in [2.05, 4.69) is 0 Å². The average Bonchev–Trinajstić information content (AvgIpc) is 2.62. The van der Waals surface area contributed by atoms with E-state index in [0.717, 1.165) is 11.1 Å². The summed E-state index contributed by atoms with van der Waals surface area (Å²) in [7, 11) is 0. The molecular formula is C20H22O5. The predicted octanol–water partition coefficient (Wildman–Crippen LogP) is 2.66. The second-order valence-corrected chi connectivity index (χ2v) is 5.74. The minimum Gasteiger partial charge on any atom is -0.464 e. The van der Waals surface area contributed by atoms with Gasteiger partial charge in [0.15, 0.2) is 5.60 Å². The zero-order valence-corrected chi connectivity index (χ0v) is 14.2. The van der Waals surface area contributed by atoms with Crippen LogP contribution in [-0.4, -0.2) is 29.3 Å². The SMILES string of the molecule is CCOC(=O)[C@](O)(CC(=O)OCc1ccccc1)Cc1ccccc1. The van der Waals surface area contributed by atoms with Gasteiger partial charge in [0.05, 0.1) is 13.0 Å². The molecule has 2 aromatic rings. The number of rotatable bonds is 8. The van der Waals surface area contributed by atoms with Crippen molar-refractivity contribution in [1.29, 1.82) is 0 Å². The highest BCUT2D eigenvalue weighted by molar-refractivity contribution is 5.86. The van der Waals surface area contributed by atoms with Crippen LogP contribution in [0.3, 0.4) is 0 Å². The van der Waals surface area contributed by atoms with Crippen LogP contribution in [-0.2, 0) is 32.1 Å². The highest BCUT2D eigenvalue weighted by Gasteiger charge is 2.40. The lowest BCUT2D eigenvalue weighted by atomic mass is 9.91. The van der Waals surface area contributed by atoms with Gasteiger partial charge < -0.3 is 14.6 Å². The molecule has 5 heteroatoms. The van der Waals surface area contributed by atoms with Crippen LogP contribution in [0, 0.1) is 0 Å². The van der Waals surface area contributed by atoms with Crippen molar-refractivity contribution >= 4 is 11.9 Å². The highest BCUT2D eigenvalue weighted by Crippen LogP contribution is 2.21. The lowest BCUT2D eigenvalue weighted by Gasteiger charge is -2.25. The van der Waals surface area contributed by atoms with E-state index in [0.29, 0.717) is 0 Å². The molecule has 0 saturated heterocycles. The maximum Gasteiger partial charge on any atom is 0.339 e. The molecular weight excluding hydrogens is 320 g/mol. The fourth-order valence-corrected chi connectivity index (χ4v) is 2.43. The van der Waals surface area contributed by atoms with E-state index in [9.17, 15) is 14.7 Å². The molecule has 0 heterocycles. The first kappa shape index (κ1) is 18.7. The van der Waals surface area contributed by atoms with Crippen LogP contribution in [0.25, 0.3) is 0 Å². The molecule has 0 radical (unpaired) electrons. The summed E-state index contributed by atoms with van der Waals surface area (Å²) in [5, 5.41) is 10.8. The largest absolute Gasteiger partial charge is 0.464 e. The topological polar surface area (TPSA) is 72.8 Å². The summed E-state index contributed by atoms with van der Waals surface area (Å²) in [5.74, 6) is -1.48. The summed E-state index contributed by atoms with van der Waals surface area (Å²) < 4.78 is 10.1. The molecule has 0 unspecified atom stereocenters. The molecule has 0 spiro atoms. The Morgan fingerprint density at radius 2 is 1.48 bits per heavy atom. The van der Waals surface area contributed by atoms with Crippen molar-refractivity contribution in [2.75, 3.05) is 6.61 Å². The predicted molar refractivity (Wildman–Crippen MR) is 92.6 cm³/mol. The fourth-order valence-electron chi connectivity index (χ4n) is 2.43. The van der Waals surface area contributed by atoms with Gasteiger partial charge in [-0.15, -0.1) is 0 Å². The molecule has 2 rings (SSSR count). The number of hydrogen-bond acceptors (Lipinski definition) is 5. The molecule has 0 saturated carbocycles. The number of carbonyl (C=O) groups excluding carboxylic acids is 2. The minimum absolute atomic E-state index is 0.0207. The van der Waals surface area contributed by atoms with Crippen molar-refractivity contribution in [3.63, 3.8) is 0 Å². The van der Waals surface area contributed by atoms with Crippen LogP contribution in [0.1, 0.15) is 24.5 Å². The third-order valence-electron chi connectivity index (χ3n) is 3.67. The Labute approximate surface area is 147 Å². The van der Waals surface area contributed by atoms with Gasteiger partial charge in [-0.3, -0.25) is 4.79 Å². The van der Waals surface area contributed by atoms with Crippen molar-refractivity contribution in [2.24, 2.45) is 0 Å². The quantitative estimate of drug-likeness (QED) is 0.747. The van der Waals surface area contributed by atoms with Crippen molar-refractivity contribution in [1.82, 2.24) is 0 Å². The van der Waals surface area contributed by atoms with Gasteiger partial charge in [0.25, 0.3) is 0 Å². The van der Waals surface area contributed by atoms with E-state index in [1.807, 2.05) is 36.4 Å². The Bertz CT molecular complexity index is 684. The van der Waals surface area contributed by atoms with Crippen molar-refractivity contribution in [3.8, 4) is 0 Å². The van der Waals surface area contributed by atoms with E-state index >= 15 is 0 Å². The van der Waals surface area contributed by atoms with Crippen LogP contribution < -0.4 is 0 Å². The van der Waals surface area contributed by atoms with Crippen LogP contribution in [0.4, 0.5) is 0 Å². The van der Waals surface area contributed by atoms with Gasteiger partial charge in [-0.25, -0.2) is 4.79 Å². The summed E-state index contributed by atoms with van der Waals surface area (Å²) in [5.41, 5.74) is -0.391. The van der Waals surface area contributed by atoms with Crippen LogP contribution in [0.2, 0.25) is 0 Å². The molecule has 5 nitrogen and oxygen atoms in total. The molecule has 0 amide bonds. The van der Waals surface area contributed by atoms with Crippen molar-refractivity contribution in [3.05, 3.63) is 71.8 Å². The molecule has 0 bridgehead atoms. The van der Waals surface area contributed by atoms with E-state index < -0.39 is 24.0 Å². The number of carbonyl (C=O) groups is 2. The molecule has 0 fully saturated rings. The average molecular weight is 342 g/mol. The van der Waals surface area contributed by atoms with Gasteiger partial charge in [0.2, 0.25) is 0 Å². The van der Waals surface area contributed by atoms with E-state index in [1.54, 1.807) is 31.2 Å². The number of ether oxygens (including phenoxy) is 2. The maximum atomic E-state index is 12.2. The summed E-state index contributed by atoms with van der Waals surface area (Å²) >= 11 is 0.